The molecule has 92 valence electrons. The molecule has 1 N–H and O–H groups in total. The van der Waals surface area contributed by atoms with E-state index in [0.29, 0.717) is 17.4 Å². The molecule has 0 saturated carbocycles. The number of nitrogens with zero attached hydrogens (tertiary/aromatic N) is 3. The van der Waals surface area contributed by atoms with Crippen LogP contribution in [0.2, 0.25) is 0 Å². The highest BCUT2D eigenvalue weighted by Crippen LogP contribution is 2.28. The van der Waals surface area contributed by atoms with Crippen LogP contribution in [0.3, 0.4) is 0 Å². The Morgan fingerprint density at radius 2 is 2.41 bits per heavy atom. The van der Waals surface area contributed by atoms with Gasteiger partial charge in [-0.05, 0) is 44.6 Å². The van der Waals surface area contributed by atoms with Gasteiger partial charge < -0.3 is 10.2 Å². The summed E-state index contributed by atoms with van der Waals surface area (Å²) in [6.45, 7) is 3.95. The van der Waals surface area contributed by atoms with Crippen molar-refractivity contribution in [3.05, 3.63) is 22.9 Å². The van der Waals surface area contributed by atoms with Crippen molar-refractivity contribution >= 4 is 11.4 Å². The third kappa shape index (κ3) is 2.79. The summed E-state index contributed by atoms with van der Waals surface area (Å²) in [4.78, 5) is 17.2. The number of pyridine rings is 1. The second-order valence-electron chi connectivity index (χ2n) is 4.63. The normalized spacial score (nSPS) is 21.2. The number of piperidine rings is 1. The van der Waals surface area contributed by atoms with E-state index in [1.165, 1.54) is 6.42 Å². The monoisotopic (exact) mass is 234 g/mol. The molecule has 0 spiro atoms. The zero-order valence-corrected chi connectivity index (χ0v) is 10.3. The Morgan fingerprint density at radius 1 is 1.59 bits per heavy atom. The molecule has 0 bridgehead atoms. The van der Waals surface area contributed by atoms with E-state index in [-0.39, 0.29) is 0 Å². The van der Waals surface area contributed by atoms with Gasteiger partial charge in [-0.2, -0.15) is 0 Å². The van der Waals surface area contributed by atoms with Gasteiger partial charge in [-0.25, -0.2) is 0 Å². The predicted octanol–water partition coefficient (Wildman–Crippen LogP) is 2.29. The number of aromatic nitrogens is 1. The van der Waals surface area contributed by atoms with Crippen LogP contribution in [-0.2, 0) is 0 Å². The first kappa shape index (κ1) is 12.0. The second kappa shape index (κ2) is 5.23. The highest BCUT2D eigenvalue weighted by atomic mass is 16.3. The van der Waals surface area contributed by atoms with Crippen molar-refractivity contribution in [3.8, 4) is 0 Å². The van der Waals surface area contributed by atoms with Gasteiger partial charge in [0.1, 0.15) is 0 Å². The van der Waals surface area contributed by atoms with E-state index in [2.05, 4.69) is 27.4 Å². The van der Waals surface area contributed by atoms with Crippen LogP contribution in [0.25, 0.3) is 0 Å². The Bertz CT molecular complexity index is 407. The minimum atomic E-state index is 0.385. The SMILES string of the molecule is Cc1nccc(NC2CCCN(C)C2)c1N=O. The fourth-order valence-electron chi connectivity index (χ4n) is 2.29. The average molecular weight is 234 g/mol. The Labute approximate surface area is 101 Å². The number of likely N-dealkylation sites (tertiary alicyclic amines) is 1. The van der Waals surface area contributed by atoms with Crippen molar-refractivity contribution in [1.29, 1.82) is 0 Å². The molecule has 0 radical (unpaired) electrons. The number of aryl methyl sites for hydroxylation is 1. The fourth-order valence-corrected chi connectivity index (χ4v) is 2.29. The van der Waals surface area contributed by atoms with Crippen molar-refractivity contribution in [2.75, 3.05) is 25.5 Å². The number of nitroso groups, excluding NO2 is 1. The van der Waals surface area contributed by atoms with Crippen LogP contribution in [0.15, 0.2) is 17.4 Å². The maximum atomic E-state index is 10.8. The Morgan fingerprint density at radius 3 is 3.12 bits per heavy atom. The summed E-state index contributed by atoms with van der Waals surface area (Å²) in [7, 11) is 2.12. The van der Waals surface area contributed by atoms with Gasteiger partial charge in [0.05, 0.1) is 11.4 Å². The lowest BCUT2D eigenvalue weighted by Crippen LogP contribution is -2.39. The van der Waals surface area contributed by atoms with Crippen molar-refractivity contribution in [3.63, 3.8) is 0 Å². The summed E-state index contributed by atoms with van der Waals surface area (Å²) in [5, 5.41) is 6.46. The number of nitrogens with one attached hydrogen (secondary N) is 1. The first-order valence-corrected chi connectivity index (χ1v) is 5.94. The smallest absolute Gasteiger partial charge is 0.152 e. The van der Waals surface area contributed by atoms with Crippen LogP contribution in [0.1, 0.15) is 18.5 Å². The third-order valence-corrected chi connectivity index (χ3v) is 3.18. The summed E-state index contributed by atoms with van der Waals surface area (Å²) < 4.78 is 0. The molecule has 0 amide bonds. The molecule has 1 aromatic rings. The number of anilines is 1. The van der Waals surface area contributed by atoms with Crippen LogP contribution in [0.4, 0.5) is 11.4 Å². The standard InChI is InChI=1S/C12H18N4O/c1-9-12(15-17)11(5-6-13-9)14-10-4-3-7-16(2)8-10/h5-6,10H,3-4,7-8H2,1-2H3,(H,13,14). The summed E-state index contributed by atoms with van der Waals surface area (Å²) in [6, 6.07) is 2.20. The van der Waals surface area contributed by atoms with Crippen LogP contribution < -0.4 is 5.32 Å². The average Bonchev–Trinajstić information content (AvgIpc) is 2.29. The van der Waals surface area contributed by atoms with Gasteiger partial charge in [-0.15, -0.1) is 4.91 Å². The number of likely N-dealkylation sites (N-methyl/N-ethyl adjacent to an activating group) is 1. The maximum absolute atomic E-state index is 10.8. The van der Waals surface area contributed by atoms with Gasteiger partial charge in [-0.1, -0.05) is 0 Å². The van der Waals surface area contributed by atoms with Crippen molar-refractivity contribution in [2.45, 2.75) is 25.8 Å². The highest BCUT2D eigenvalue weighted by Gasteiger charge is 2.18. The van der Waals surface area contributed by atoms with E-state index < -0.39 is 0 Å². The van der Waals surface area contributed by atoms with Crippen molar-refractivity contribution < 1.29 is 0 Å². The van der Waals surface area contributed by atoms with Crippen molar-refractivity contribution in [2.24, 2.45) is 5.18 Å². The summed E-state index contributed by atoms with van der Waals surface area (Å²) in [5.74, 6) is 0. The molecule has 1 aliphatic rings. The van der Waals surface area contributed by atoms with E-state index in [1.54, 1.807) is 13.1 Å². The molecule has 5 nitrogen and oxygen atoms in total. The molecule has 1 atom stereocenters. The molecule has 1 saturated heterocycles. The van der Waals surface area contributed by atoms with Crippen LogP contribution in [0.5, 0.6) is 0 Å². The molecule has 1 aromatic heterocycles. The molecule has 2 heterocycles. The van der Waals surface area contributed by atoms with Gasteiger partial charge in [-0.3, -0.25) is 4.98 Å². The lowest BCUT2D eigenvalue weighted by atomic mass is 10.1. The quantitative estimate of drug-likeness (QED) is 0.815. The molecule has 17 heavy (non-hydrogen) atoms. The molecule has 0 aliphatic carbocycles. The Balaban J connectivity index is 2.12. The van der Waals surface area contributed by atoms with Gasteiger partial charge in [0.25, 0.3) is 0 Å². The molecular formula is C12H18N4O. The third-order valence-electron chi connectivity index (χ3n) is 3.18. The Hall–Kier alpha value is -1.49. The molecule has 1 fully saturated rings. The van der Waals surface area contributed by atoms with Crippen LogP contribution in [-0.4, -0.2) is 36.1 Å². The molecule has 1 unspecified atom stereocenters. The highest BCUT2D eigenvalue weighted by molar-refractivity contribution is 5.67. The molecule has 5 heteroatoms. The lowest BCUT2D eigenvalue weighted by molar-refractivity contribution is 0.261. The molecule has 2 rings (SSSR count). The van der Waals surface area contributed by atoms with E-state index in [1.807, 2.05) is 6.07 Å². The first-order valence-electron chi connectivity index (χ1n) is 5.94. The topological polar surface area (TPSA) is 57.6 Å². The fraction of sp³-hybridized carbons (Fsp3) is 0.583. The minimum Gasteiger partial charge on any atom is -0.379 e. The van der Waals surface area contributed by atoms with E-state index in [9.17, 15) is 4.91 Å². The van der Waals surface area contributed by atoms with E-state index >= 15 is 0 Å². The summed E-state index contributed by atoms with van der Waals surface area (Å²) in [6.07, 6.45) is 4.02. The molecule has 0 aromatic carbocycles. The zero-order chi connectivity index (χ0) is 12.3. The van der Waals surface area contributed by atoms with E-state index in [0.717, 1.165) is 25.2 Å². The van der Waals surface area contributed by atoms with Crippen molar-refractivity contribution in [1.82, 2.24) is 9.88 Å². The summed E-state index contributed by atoms with van der Waals surface area (Å²) in [5.41, 5.74) is 1.91. The van der Waals surface area contributed by atoms with Gasteiger partial charge >= 0.3 is 0 Å². The Kier molecular flexibility index (Phi) is 3.68. The number of hydrogen-bond acceptors (Lipinski definition) is 5. The largest absolute Gasteiger partial charge is 0.379 e. The second-order valence-corrected chi connectivity index (χ2v) is 4.63. The predicted molar refractivity (Wildman–Crippen MR) is 68.6 cm³/mol. The molecular weight excluding hydrogens is 216 g/mol. The lowest BCUT2D eigenvalue weighted by Gasteiger charge is -2.31. The molecule has 1 aliphatic heterocycles. The summed E-state index contributed by atoms with van der Waals surface area (Å²) >= 11 is 0. The van der Waals surface area contributed by atoms with Gasteiger partial charge in [0, 0.05) is 18.8 Å². The van der Waals surface area contributed by atoms with E-state index in [4.69, 9.17) is 0 Å². The number of hydrogen-bond donors (Lipinski definition) is 1. The first-order chi connectivity index (χ1) is 8.20. The van der Waals surface area contributed by atoms with Gasteiger partial charge in [0.15, 0.2) is 5.69 Å². The number of rotatable bonds is 3. The van der Waals surface area contributed by atoms with Gasteiger partial charge in [0.2, 0.25) is 0 Å². The zero-order valence-electron chi connectivity index (χ0n) is 10.3. The maximum Gasteiger partial charge on any atom is 0.152 e. The van der Waals surface area contributed by atoms with Crippen LogP contribution >= 0.6 is 0 Å². The van der Waals surface area contributed by atoms with Crippen LogP contribution in [0, 0.1) is 11.8 Å². The minimum absolute atomic E-state index is 0.385.